The molecule has 0 radical (unpaired) electrons. The maximum absolute atomic E-state index is 6.20. The summed E-state index contributed by atoms with van der Waals surface area (Å²) in [6.45, 7) is 2.26. The van der Waals surface area contributed by atoms with Gasteiger partial charge in [-0.05, 0) is 30.9 Å². The number of benzene rings is 1. The molecule has 2 unspecified atom stereocenters. The van der Waals surface area contributed by atoms with Crippen molar-refractivity contribution >= 4 is 34.6 Å². The fraction of sp³-hybridized carbons (Fsp3) is 0.571. The van der Waals surface area contributed by atoms with Gasteiger partial charge in [0.2, 0.25) is 0 Å². The average molecular weight is 287 g/mol. The van der Waals surface area contributed by atoms with Gasteiger partial charge < -0.3 is 11.1 Å². The number of hydrogen-bond donors (Lipinski definition) is 2. The van der Waals surface area contributed by atoms with Crippen LogP contribution in [0.15, 0.2) is 12.1 Å². The standard InChI is InChI=1S/C14H20Cl2N2/c1-2-9-4-3-5-11(6-9)18-14-12(15)7-10(17)8-13(14)16/h7-9,11,18H,2-6,17H2,1H3. The molecule has 1 aromatic carbocycles. The van der Waals surface area contributed by atoms with Gasteiger partial charge in [0.1, 0.15) is 0 Å². The molecule has 100 valence electrons. The maximum atomic E-state index is 6.20. The van der Waals surface area contributed by atoms with E-state index < -0.39 is 0 Å². The van der Waals surface area contributed by atoms with Crippen molar-refractivity contribution in [2.75, 3.05) is 11.1 Å². The van der Waals surface area contributed by atoms with Crippen molar-refractivity contribution in [1.82, 2.24) is 0 Å². The molecule has 1 aliphatic rings. The number of halogens is 2. The van der Waals surface area contributed by atoms with Crippen molar-refractivity contribution in [2.45, 2.75) is 45.1 Å². The van der Waals surface area contributed by atoms with Gasteiger partial charge in [0.15, 0.2) is 0 Å². The Bertz CT molecular complexity index is 397. The van der Waals surface area contributed by atoms with Gasteiger partial charge in [0, 0.05) is 11.7 Å². The van der Waals surface area contributed by atoms with Gasteiger partial charge in [-0.25, -0.2) is 0 Å². The van der Waals surface area contributed by atoms with E-state index in [2.05, 4.69) is 12.2 Å². The Balaban J connectivity index is 2.09. The van der Waals surface area contributed by atoms with E-state index >= 15 is 0 Å². The summed E-state index contributed by atoms with van der Waals surface area (Å²) in [6.07, 6.45) is 6.26. The van der Waals surface area contributed by atoms with Gasteiger partial charge in [-0.3, -0.25) is 0 Å². The van der Waals surface area contributed by atoms with Gasteiger partial charge in [-0.1, -0.05) is 49.4 Å². The van der Waals surface area contributed by atoms with E-state index in [4.69, 9.17) is 28.9 Å². The summed E-state index contributed by atoms with van der Waals surface area (Å²) in [5.74, 6) is 0.822. The molecule has 1 aliphatic carbocycles. The largest absolute Gasteiger partial charge is 0.399 e. The van der Waals surface area contributed by atoms with Crippen LogP contribution in [-0.2, 0) is 0 Å². The van der Waals surface area contributed by atoms with Gasteiger partial charge in [-0.2, -0.15) is 0 Å². The third-order valence-electron chi connectivity index (χ3n) is 3.77. The van der Waals surface area contributed by atoms with Gasteiger partial charge in [0.25, 0.3) is 0 Å². The number of hydrogen-bond acceptors (Lipinski definition) is 2. The molecule has 0 bridgehead atoms. The maximum Gasteiger partial charge on any atom is 0.0722 e. The second-order valence-corrected chi connectivity index (χ2v) is 5.96. The summed E-state index contributed by atoms with van der Waals surface area (Å²) in [7, 11) is 0. The second-order valence-electron chi connectivity index (χ2n) is 5.14. The van der Waals surface area contributed by atoms with Crippen molar-refractivity contribution in [1.29, 1.82) is 0 Å². The van der Waals surface area contributed by atoms with Crippen LogP contribution in [0.4, 0.5) is 11.4 Å². The first-order chi connectivity index (χ1) is 8.60. The van der Waals surface area contributed by atoms with Crippen LogP contribution in [0.1, 0.15) is 39.0 Å². The minimum Gasteiger partial charge on any atom is -0.399 e. The molecular weight excluding hydrogens is 267 g/mol. The minimum atomic E-state index is 0.474. The van der Waals surface area contributed by atoms with Crippen molar-refractivity contribution < 1.29 is 0 Å². The Morgan fingerprint density at radius 3 is 2.56 bits per heavy atom. The first-order valence-electron chi connectivity index (χ1n) is 6.61. The van der Waals surface area contributed by atoms with Crippen LogP contribution in [0.5, 0.6) is 0 Å². The number of anilines is 2. The van der Waals surface area contributed by atoms with E-state index in [0.717, 1.165) is 11.6 Å². The highest BCUT2D eigenvalue weighted by molar-refractivity contribution is 6.39. The topological polar surface area (TPSA) is 38.0 Å². The molecular formula is C14H20Cl2N2. The molecule has 0 aromatic heterocycles. The van der Waals surface area contributed by atoms with Crippen molar-refractivity contribution in [3.63, 3.8) is 0 Å². The van der Waals surface area contributed by atoms with Crippen LogP contribution in [0.2, 0.25) is 10.0 Å². The molecule has 0 aliphatic heterocycles. The molecule has 1 aromatic rings. The molecule has 1 saturated carbocycles. The molecule has 1 fully saturated rings. The van der Waals surface area contributed by atoms with Gasteiger partial charge >= 0.3 is 0 Å². The SMILES string of the molecule is CCC1CCCC(Nc2c(Cl)cc(N)cc2Cl)C1. The van der Waals surface area contributed by atoms with Gasteiger partial charge in [0.05, 0.1) is 15.7 Å². The molecule has 2 nitrogen and oxygen atoms in total. The summed E-state index contributed by atoms with van der Waals surface area (Å²) in [5.41, 5.74) is 7.14. The van der Waals surface area contributed by atoms with E-state index in [9.17, 15) is 0 Å². The molecule has 0 spiro atoms. The highest BCUT2D eigenvalue weighted by Crippen LogP contribution is 2.36. The Hall–Kier alpha value is -0.600. The molecule has 0 saturated heterocycles. The molecule has 3 N–H and O–H groups in total. The highest BCUT2D eigenvalue weighted by atomic mass is 35.5. The lowest BCUT2D eigenvalue weighted by Gasteiger charge is -2.30. The first kappa shape index (κ1) is 13.8. The summed E-state index contributed by atoms with van der Waals surface area (Å²) >= 11 is 12.4. The fourth-order valence-electron chi connectivity index (χ4n) is 2.73. The van der Waals surface area contributed by atoms with E-state index in [1.54, 1.807) is 12.1 Å². The van der Waals surface area contributed by atoms with E-state index in [1.807, 2.05) is 0 Å². The van der Waals surface area contributed by atoms with Crippen molar-refractivity contribution in [3.05, 3.63) is 22.2 Å². The van der Waals surface area contributed by atoms with Gasteiger partial charge in [-0.15, -0.1) is 0 Å². The van der Waals surface area contributed by atoms with Crippen LogP contribution in [0.25, 0.3) is 0 Å². The van der Waals surface area contributed by atoms with Crippen LogP contribution >= 0.6 is 23.2 Å². The zero-order chi connectivity index (χ0) is 13.1. The highest BCUT2D eigenvalue weighted by Gasteiger charge is 2.22. The van der Waals surface area contributed by atoms with Crippen molar-refractivity contribution in [3.8, 4) is 0 Å². The second kappa shape index (κ2) is 6.03. The van der Waals surface area contributed by atoms with Crippen LogP contribution in [0.3, 0.4) is 0 Å². The third kappa shape index (κ3) is 3.24. The first-order valence-corrected chi connectivity index (χ1v) is 7.36. The zero-order valence-electron chi connectivity index (χ0n) is 10.7. The molecule has 0 heterocycles. The quantitative estimate of drug-likeness (QED) is 0.771. The lowest BCUT2D eigenvalue weighted by molar-refractivity contribution is 0.327. The zero-order valence-corrected chi connectivity index (χ0v) is 12.2. The van der Waals surface area contributed by atoms with E-state index in [-0.39, 0.29) is 0 Å². The lowest BCUT2D eigenvalue weighted by atomic mass is 9.84. The van der Waals surface area contributed by atoms with E-state index in [0.29, 0.717) is 21.8 Å². The number of rotatable bonds is 3. The van der Waals surface area contributed by atoms with Crippen LogP contribution in [-0.4, -0.2) is 6.04 Å². The normalized spacial score (nSPS) is 23.9. The lowest BCUT2D eigenvalue weighted by Crippen LogP contribution is -2.27. The third-order valence-corrected chi connectivity index (χ3v) is 4.37. The smallest absolute Gasteiger partial charge is 0.0722 e. The van der Waals surface area contributed by atoms with Crippen LogP contribution < -0.4 is 11.1 Å². The number of nitrogens with one attached hydrogen (secondary N) is 1. The summed E-state index contributed by atoms with van der Waals surface area (Å²) in [5, 5.41) is 4.71. The molecule has 2 rings (SSSR count). The van der Waals surface area contributed by atoms with Crippen molar-refractivity contribution in [2.24, 2.45) is 5.92 Å². The molecule has 2 atom stereocenters. The predicted octanol–water partition coefficient (Wildman–Crippen LogP) is 4.96. The average Bonchev–Trinajstić information content (AvgIpc) is 2.34. The summed E-state index contributed by atoms with van der Waals surface area (Å²) in [6, 6.07) is 3.97. The van der Waals surface area contributed by atoms with E-state index in [1.165, 1.54) is 32.1 Å². The Labute approximate surface area is 119 Å². The number of nitrogen functional groups attached to an aromatic ring is 1. The summed E-state index contributed by atoms with van der Waals surface area (Å²) < 4.78 is 0. The molecule has 0 amide bonds. The molecule has 4 heteroatoms. The Kier molecular flexibility index (Phi) is 4.63. The predicted molar refractivity (Wildman–Crippen MR) is 80.5 cm³/mol. The fourth-order valence-corrected chi connectivity index (χ4v) is 3.34. The minimum absolute atomic E-state index is 0.474. The summed E-state index contributed by atoms with van der Waals surface area (Å²) in [4.78, 5) is 0. The van der Waals surface area contributed by atoms with Crippen LogP contribution in [0, 0.1) is 5.92 Å². The Morgan fingerprint density at radius 2 is 1.94 bits per heavy atom. The monoisotopic (exact) mass is 286 g/mol. The molecule has 18 heavy (non-hydrogen) atoms. The number of nitrogens with two attached hydrogens (primary N) is 1. The Morgan fingerprint density at radius 1 is 1.28 bits per heavy atom.